The standard InChI is InChI=1S/C8H6F3I2NO.ClH/c9-8(10,11)7(14)4-1-3(12)2-5(13)6(4)15;/h1-2,7,15H,14H2;1H/t7-;/m0./s1. The number of nitrogens with two attached hydrogens (primary N) is 1. The molecular formula is C8H7ClF3I2NO. The summed E-state index contributed by atoms with van der Waals surface area (Å²) in [4.78, 5) is 0. The van der Waals surface area contributed by atoms with Gasteiger partial charge in [0.1, 0.15) is 11.8 Å². The number of aromatic hydroxyl groups is 1. The summed E-state index contributed by atoms with van der Waals surface area (Å²) in [5, 5.41) is 9.46. The smallest absolute Gasteiger partial charge is 0.407 e. The first-order valence-corrected chi connectivity index (χ1v) is 5.89. The van der Waals surface area contributed by atoms with Crippen LogP contribution in [0.25, 0.3) is 0 Å². The number of halogens is 6. The van der Waals surface area contributed by atoms with Crippen LogP contribution in [-0.4, -0.2) is 11.3 Å². The van der Waals surface area contributed by atoms with Gasteiger partial charge in [0.05, 0.1) is 3.57 Å². The first-order valence-electron chi connectivity index (χ1n) is 3.73. The highest BCUT2D eigenvalue weighted by atomic mass is 127. The second kappa shape index (κ2) is 5.91. The van der Waals surface area contributed by atoms with Crippen molar-refractivity contribution < 1.29 is 18.3 Å². The third kappa shape index (κ3) is 3.77. The minimum Gasteiger partial charge on any atom is -0.506 e. The third-order valence-electron chi connectivity index (χ3n) is 1.75. The summed E-state index contributed by atoms with van der Waals surface area (Å²) in [6.07, 6.45) is -4.55. The Bertz CT molecular complexity index is 386. The lowest BCUT2D eigenvalue weighted by Gasteiger charge is -2.18. The van der Waals surface area contributed by atoms with E-state index in [1.165, 1.54) is 6.07 Å². The normalized spacial score (nSPS) is 13.1. The summed E-state index contributed by atoms with van der Waals surface area (Å²) in [7, 11) is 0. The van der Waals surface area contributed by atoms with Crippen LogP contribution >= 0.6 is 57.6 Å². The summed E-state index contributed by atoms with van der Waals surface area (Å²) in [5.41, 5.74) is 4.73. The summed E-state index contributed by atoms with van der Waals surface area (Å²) >= 11 is 3.63. The number of phenols is 1. The van der Waals surface area contributed by atoms with Crippen LogP contribution in [-0.2, 0) is 0 Å². The van der Waals surface area contributed by atoms with Crippen molar-refractivity contribution in [1.82, 2.24) is 0 Å². The first-order chi connectivity index (χ1) is 6.73. The van der Waals surface area contributed by atoms with Crippen molar-refractivity contribution in [2.45, 2.75) is 12.2 Å². The average Bonchev–Trinajstić information content (AvgIpc) is 2.08. The predicted octanol–water partition coefficient (Wildman–Crippen LogP) is 3.59. The fourth-order valence-electron chi connectivity index (χ4n) is 0.999. The van der Waals surface area contributed by atoms with E-state index in [1.54, 1.807) is 28.7 Å². The number of benzene rings is 1. The molecule has 1 rings (SSSR count). The second-order valence-corrected chi connectivity index (χ2v) is 5.25. The van der Waals surface area contributed by atoms with Gasteiger partial charge < -0.3 is 10.8 Å². The molecule has 16 heavy (non-hydrogen) atoms. The molecular weight excluding hydrogens is 472 g/mol. The van der Waals surface area contributed by atoms with E-state index in [0.717, 1.165) is 0 Å². The van der Waals surface area contributed by atoms with Gasteiger partial charge in [-0.15, -0.1) is 12.4 Å². The lowest BCUT2D eigenvalue weighted by atomic mass is 10.1. The second-order valence-electron chi connectivity index (χ2n) is 2.84. The number of hydrogen-bond acceptors (Lipinski definition) is 2. The quantitative estimate of drug-likeness (QED) is 0.605. The highest BCUT2D eigenvalue weighted by Crippen LogP contribution is 2.37. The largest absolute Gasteiger partial charge is 0.506 e. The van der Waals surface area contributed by atoms with Crippen LogP contribution in [0.5, 0.6) is 5.75 Å². The molecule has 0 aliphatic carbocycles. The SMILES string of the molecule is Cl.N[C@@H](c1cc(I)cc(I)c1O)C(F)(F)F. The minimum absolute atomic E-state index is 0. The van der Waals surface area contributed by atoms with Crippen molar-refractivity contribution >= 4 is 57.6 Å². The molecule has 1 atom stereocenters. The van der Waals surface area contributed by atoms with Gasteiger partial charge in [-0.2, -0.15) is 13.2 Å². The molecule has 0 aliphatic heterocycles. The summed E-state index contributed by atoms with van der Waals surface area (Å²) in [5.74, 6) is -0.402. The molecule has 0 saturated heterocycles. The molecule has 1 aromatic rings. The Balaban J connectivity index is 0.00000225. The van der Waals surface area contributed by atoms with Crippen LogP contribution < -0.4 is 5.73 Å². The van der Waals surface area contributed by atoms with Gasteiger partial charge in [-0.3, -0.25) is 0 Å². The topological polar surface area (TPSA) is 46.2 Å². The van der Waals surface area contributed by atoms with Crippen LogP contribution in [0.15, 0.2) is 12.1 Å². The maximum Gasteiger partial charge on any atom is 0.407 e. The van der Waals surface area contributed by atoms with Crippen LogP contribution in [0.3, 0.4) is 0 Å². The molecule has 0 radical (unpaired) electrons. The van der Waals surface area contributed by atoms with Crippen molar-refractivity contribution in [1.29, 1.82) is 0 Å². The maximum absolute atomic E-state index is 12.3. The Morgan fingerprint density at radius 2 is 1.75 bits per heavy atom. The van der Waals surface area contributed by atoms with Crippen molar-refractivity contribution in [3.8, 4) is 5.75 Å². The van der Waals surface area contributed by atoms with Crippen LogP contribution in [0.4, 0.5) is 13.2 Å². The zero-order valence-electron chi connectivity index (χ0n) is 7.55. The van der Waals surface area contributed by atoms with E-state index >= 15 is 0 Å². The first kappa shape index (κ1) is 16.5. The Kier molecular flexibility index (Phi) is 6.11. The molecule has 3 N–H and O–H groups in total. The fourth-order valence-corrected chi connectivity index (χ4v) is 2.89. The van der Waals surface area contributed by atoms with E-state index in [9.17, 15) is 18.3 Å². The highest BCUT2D eigenvalue weighted by Gasteiger charge is 2.39. The molecule has 0 heterocycles. The molecule has 0 aromatic heterocycles. The van der Waals surface area contributed by atoms with Gasteiger partial charge in [0.2, 0.25) is 0 Å². The van der Waals surface area contributed by atoms with Gasteiger partial charge in [0.25, 0.3) is 0 Å². The molecule has 0 fully saturated rings. The summed E-state index contributed by atoms with van der Waals surface area (Å²) < 4.78 is 38.0. The van der Waals surface area contributed by atoms with Gasteiger partial charge in [-0.1, -0.05) is 0 Å². The Labute approximate surface area is 123 Å². The van der Waals surface area contributed by atoms with Crippen LogP contribution in [0.1, 0.15) is 11.6 Å². The molecule has 92 valence electrons. The molecule has 0 amide bonds. The predicted molar refractivity (Wildman–Crippen MR) is 73.8 cm³/mol. The van der Waals surface area contributed by atoms with E-state index in [2.05, 4.69) is 0 Å². The number of phenolic OH excluding ortho intramolecular Hbond substituents is 1. The average molecular weight is 479 g/mol. The van der Waals surface area contributed by atoms with Gasteiger partial charge in [-0.05, 0) is 57.3 Å². The molecule has 0 unspecified atom stereocenters. The Morgan fingerprint density at radius 1 is 1.25 bits per heavy atom. The highest BCUT2D eigenvalue weighted by molar-refractivity contribution is 14.1. The molecule has 0 spiro atoms. The van der Waals surface area contributed by atoms with Crippen molar-refractivity contribution in [3.63, 3.8) is 0 Å². The van der Waals surface area contributed by atoms with Crippen molar-refractivity contribution in [2.24, 2.45) is 5.73 Å². The number of hydrogen-bond donors (Lipinski definition) is 2. The zero-order chi connectivity index (χ0) is 11.8. The number of alkyl halides is 3. The van der Waals surface area contributed by atoms with Gasteiger partial charge in [0.15, 0.2) is 0 Å². The van der Waals surface area contributed by atoms with Gasteiger partial charge in [-0.25, -0.2) is 0 Å². The Morgan fingerprint density at radius 3 is 2.19 bits per heavy atom. The monoisotopic (exact) mass is 479 g/mol. The molecule has 1 aromatic carbocycles. The molecule has 8 heteroatoms. The lowest BCUT2D eigenvalue weighted by Crippen LogP contribution is -2.28. The summed E-state index contributed by atoms with van der Waals surface area (Å²) in [6.45, 7) is 0. The van der Waals surface area contributed by atoms with E-state index in [-0.39, 0.29) is 18.0 Å². The van der Waals surface area contributed by atoms with E-state index in [0.29, 0.717) is 7.14 Å². The van der Waals surface area contributed by atoms with E-state index in [1.807, 2.05) is 22.6 Å². The summed E-state index contributed by atoms with van der Waals surface area (Å²) in [6, 6.07) is 0.653. The molecule has 2 nitrogen and oxygen atoms in total. The third-order valence-corrected chi connectivity index (χ3v) is 3.19. The zero-order valence-corrected chi connectivity index (χ0v) is 12.7. The molecule has 0 aliphatic rings. The number of rotatable bonds is 1. The van der Waals surface area contributed by atoms with E-state index in [4.69, 9.17) is 5.73 Å². The maximum atomic E-state index is 12.3. The molecule has 0 saturated carbocycles. The van der Waals surface area contributed by atoms with Gasteiger partial charge in [0, 0.05) is 9.13 Å². The Hall–Kier alpha value is 0.520. The lowest BCUT2D eigenvalue weighted by molar-refractivity contribution is -0.149. The van der Waals surface area contributed by atoms with Crippen molar-refractivity contribution in [2.75, 3.05) is 0 Å². The van der Waals surface area contributed by atoms with Gasteiger partial charge >= 0.3 is 6.18 Å². The van der Waals surface area contributed by atoms with Crippen molar-refractivity contribution in [3.05, 3.63) is 24.8 Å². The minimum atomic E-state index is -4.55. The molecule has 0 bridgehead atoms. The van der Waals surface area contributed by atoms with Crippen LogP contribution in [0, 0.1) is 7.14 Å². The van der Waals surface area contributed by atoms with E-state index < -0.39 is 18.0 Å². The fraction of sp³-hybridized carbons (Fsp3) is 0.250. The van der Waals surface area contributed by atoms with Crippen LogP contribution in [0.2, 0.25) is 0 Å².